The Morgan fingerprint density at radius 2 is 2.05 bits per heavy atom. The average molecular weight is 291 g/mol. The standard InChI is InChI=1S/C16H19F2N3/c1-4-19-10(2)14-9-20-16(21-11(14)3)7-12-5-6-13(17)8-15(12)18/h5-6,8-10,19H,4,7H2,1-3H3. The fraction of sp³-hybridized carbons (Fsp3) is 0.375. The van der Waals surface area contributed by atoms with Crippen molar-refractivity contribution >= 4 is 0 Å². The Kier molecular flexibility index (Phi) is 4.96. The average Bonchev–Trinajstić information content (AvgIpc) is 2.42. The molecule has 0 radical (unpaired) electrons. The van der Waals surface area contributed by atoms with Gasteiger partial charge >= 0.3 is 0 Å². The molecule has 5 heteroatoms. The zero-order chi connectivity index (χ0) is 15.4. The van der Waals surface area contributed by atoms with E-state index in [9.17, 15) is 8.78 Å². The largest absolute Gasteiger partial charge is 0.310 e. The second-order valence-corrected chi connectivity index (χ2v) is 5.02. The van der Waals surface area contributed by atoms with Gasteiger partial charge < -0.3 is 5.32 Å². The van der Waals surface area contributed by atoms with Crippen molar-refractivity contribution in [2.45, 2.75) is 33.2 Å². The highest BCUT2D eigenvalue weighted by molar-refractivity contribution is 5.25. The number of rotatable bonds is 5. The van der Waals surface area contributed by atoms with E-state index in [1.54, 1.807) is 6.20 Å². The van der Waals surface area contributed by atoms with Crippen molar-refractivity contribution in [3.8, 4) is 0 Å². The molecule has 2 aromatic rings. The first kappa shape index (κ1) is 15.5. The van der Waals surface area contributed by atoms with Gasteiger partial charge in [0.2, 0.25) is 0 Å². The van der Waals surface area contributed by atoms with Crippen LogP contribution in [0.1, 0.15) is 42.5 Å². The minimum Gasteiger partial charge on any atom is -0.310 e. The Balaban J connectivity index is 2.20. The van der Waals surface area contributed by atoms with Gasteiger partial charge in [-0.2, -0.15) is 0 Å². The predicted molar refractivity (Wildman–Crippen MR) is 78.0 cm³/mol. The van der Waals surface area contributed by atoms with E-state index in [4.69, 9.17) is 0 Å². The molecule has 0 saturated carbocycles. The molecule has 21 heavy (non-hydrogen) atoms. The Hall–Kier alpha value is -1.88. The van der Waals surface area contributed by atoms with E-state index >= 15 is 0 Å². The van der Waals surface area contributed by atoms with Crippen molar-refractivity contribution in [3.63, 3.8) is 0 Å². The molecular formula is C16H19F2N3. The summed E-state index contributed by atoms with van der Waals surface area (Å²) in [4.78, 5) is 8.71. The van der Waals surface area contributed by atoms with Gasteiger partial charge in [-0.25, -0.2) is 18.7 Å². The van der Waals surface area contributed by atoms with Gasteiger partial charge in [0.25, 0.3) is 0 Å². The lowest BCUT2D eigenvalue weighted by molar-refractivity contribution is 0.572. The summed E-state index contributed by atoms with van der Waals surface area (Å²) in [5.41, 5.74) is 2.29. The number of nitrogens with zero attached hydrogens (tertiary/aromatic N) is 2. The van der Waals surface area contributed by atoms with Gasteiger partial charge in [0, 0.05) is 36.0 Å². The highest BCUT2D eigenvalue weighted by Gasteiger charge is 2.11. The van der Waals surface area contributed by atoms with Crippen molar-refractivity contribution in [3.05, 3.63) is 58.7 Å². The second kappa shape index (κ2) is 6.72. The molecule has 2 rings (SSSR count). The summed E-state index contributed by atoms with van der Waals surface area (Å²) in [5, 5.41) is 3.31. The van der Waals surface area contributed by atoms with Crippen LogP contribution in [0.3, 0.4) is 0 Å². The molecule has 0 saturated heterocycles. The summed E-state index contributed by atoms with van der Waals surface area (Å²) in [6, 6.07) is 3.72. The summed E-state index contributed by atoms with van der Waals surface area (Å²) < 4.78 is 26.5. The van der Waals surface area contributed by atoms with Gasteiger partial charge in [-0.3, -0.25) is 0 Å². The second-order valence-electron chi connectivity index (χ2n) is 5.02. The zero-order valence-corrected chi connectivity index (χ0v) is 12.5. The molecule has 1 aromatic carbocycles. The van der Waals surface area contributed by atoms with Crippen LogP contribution < -0.4 is 5.32 Å². The lowest BCUT2D eigenvalue weighted by atomic mass is 10.1. The van der Waals surface area contributed by atoms with Gasteiger partial charge in [0.15, 0.2) is 0 Å². The van der Waals surface area contributed by atoms with E-state index < -0.39 is 11.6 Å². The maximum absolute atomic E-state index is 13.6. The number of nitrogens with one attached hydrogen (secondary N) is 1. The molecule has 0 bridgehead atoms. The van der Waals surface area contributed by atoms with Crippen molar-refractivity contribution in [2.75, 3.05) is 6.54 Å². The molecule has 1 unspecified atom stereocenters. The number of halogens is 2. The number of hydrogen-bond acceptors (Lipinski definition) is 3. The first-order valence-electron chi connectivity index (χ1n) is 7.01. The van der Waals surface area contributed by atoms with E-state index in [1.165, 1.54) is 12.1 Å². The summed E-state index contributed by atoms with van der Waals surface area (Å²) in [7, 11) is 0. The Morgan fingerprint density at radius 3 is 2.67 bits per heavy atom. The quantitative estimate of drug-likeness (QED) is 0.918. The lowest BCUT2D eigenvalue weighted by Crippen LogP contribution is -2.19. The topological polar surface area (TPSA) is 37.8 Å². The van der Waals surface area contributed by atoms with E-state index in [2.05, 4.69) is 22.2 Å². The third-order valence-corrected chi connectivity index (χ3v) is 3.41. The van der Waals surface area contributed by atoms with Gasteiger partial charge in [-0.05, 0) is 32.0 Å². The van der Waals surface area contributed by atoms with Gasteiger partial charge in [-0.1, -0.05) is 13.0 Å². The van der Waals surface area contributed by atoms with E-state index in [0.29, 0.717) is 11.4 Å². The number of aryl methyl sites for hydroxylation is 1. The molecule has 1 atom stereocenters. The summed E-state index contributed by atoms with van der Waals surface area (Å²) in [6.07, 6.45) is 2.02. The smallest absolute Gasteiger partial charge is 0.133 e. The molecule has 0 amide bonds. The Bertz CT molecular complexity index is 629. The molecule has 112 valence electrons. The fourth-order valence-corrected chi connectivity index (χ4v) is 2.29. The molecular weight excluding hydrogens is 272 g/mol. The van der Waals surface area contributed by atoms with E-state index in [1.807, 2.05) is 13.8 Å². The summed E-state index contributed by atoms with van der Waals surface area (Å²) >= 11 is 0. The Morgan fingerprint density at radius 1 is 1.29 bits per heavy atom. The third-order valence-electron chi connectivity index (χ3n) is 3.41. The van der Waals surface area contributed by atoms with Crippen LogP contribution in [0.15, 0.2) is 24.4 Å². The van der Waals surface area contributed by atoms with Crippen LogP contribution in [-0.4, -0.2) is 16.5 Å². The summed E-state index contributed by atoms with van der Waals surface area (Å²) in [6.45, 7) is 6.87. The van der Waals surface area contributed by atoms with E-state index in [0.717, 1.165) is 23.9 Å². The zero-order valence-electron chi connectivity index (χ0n) is 12.5. The molecule has 1 heterocycles. The monoisotopic (exact) mass is 291 g/mol. The normalized spacial score (nSPS) is 12.4. The molecule has 0 aliphatic heterocycles. The van der Waals surface area contributed by atoms with Crippen molar-refractivity contribution in [1.29, 1.82) is 0 Å². The minimum atomic E-state index is -0.580. The lowest BCUT2D eigenvalue weighted by Gasteiger charge is -2.15. The third kappa shape index (κ3) is 3.82. The van der Waals surface area contributed by atoms with Gasteiger partial charge in [0.05, 0.1) is 0 Å². The molecule has 1 N–H and O–H groups in total. The van der Waals surface area contributed by atoms with Crippen LogP contribution in [0, 0.1) is 18.6 Å². The van der Waals surface area contributed by atoms with Crippen LogP contribution in [0.25, 0.3) is 0 Å². The predicted octanol–water partition coefficient (Wildman–Crippen LogP) is 3.32. The van der Waals surface area contributed by atoms with Gasteiger partial charge in [0.1, 0.15) is 17.5 Å². The SMILES string of the molecule is CCNC(C)c1cnc(Cc2ccc(F)cc2F)nc1C. The van der Waals surface area contributed by atoms with Crippen LogP contribution in [0.2, 0.25) is 0 Å². The maximum Gasteiger partial charge on any atom is 0.133 e. The molecule has 0 aliphatic rings. The number of aromatic nitrogens is 2. The molecule has 3 nitrogen and oxygen atoms in total. The van der Waals surface area contributed by atoms with Crippen molar-refractivity contribution in [1.82, 2.24) is 15.3 Å². The first-order chi connectivity index (χ1) is 10.0. The van der Waals surface area contributed by atoms with E-state index in [-0.39, 0.29) is 12.5 Å². The van der Waals surface area contributed by atoms with Crippen LogP contribution in [0.4, 0.5) is 8.78 Å². The van der Waals surface area contributed by atoms with Crippen LogP contribution in [-0.2, 0) is 6.42 Å². The molecule has 1 aromatic heterocycles. The highest BCUT2D eigenvalue weighted by Crippen LogP contribution is 2.17. The fourth-order valence-electron chi connectivity index (χ4n) is 2.29. The van der Waals surface area contributed by atoms with Crippen LogP contribution >= 0.6 is 0 Å². The molecule has 0 spiro atoms. The summed E-state index contributed by atoms with van der Waals surface area (Å²) in [5.74, 6) is -0.616. The van der Waals surface area contributed by atoms with Gasteiger partial charge in [-0.15, -0.1) is 0 Å². The first-order valence-corrected chi connectivity index (χ1v) is 7.01. The Labute approximate surface area is 123 Å². The number of hydrogen-bond donors (Lipinski definition) is 1. The minimum absolute atomic E-state index is 0.173. The van der Waals surface area contributed by atoms with Crippen LogP contribution in [0.5, 0.6) is 0 Å². The molecule has 0 aliphatic carbocycles. The van der Waals surface area contributed by atoms with Crippen molar-refractivity contribution < 1.29 is 8.78 Å². The maximum atomic E-state index is 13.6. The molecule has 0 fully saturated rings. The highest BCUT2D eigenvalue weighted by atomic mass is 19.1. The van der Waals surface area contributed by atoms with Crippen molar-refractivity contribution in [2.24, 2.45) is 0 Å². The number of benzene rings is 1.